The van der Waals surface area contributed by atoms with Gasteiger partial charge in [0, 0.05) is 5.18 Å². The van der Waals surface area contributed by atoms with Crippen LogP contribution in [-0.2, 0) is 0 Å². The molecule has 2 rings (SSSR count). The summed E-state index contributed by atoms with van der Waals surface area (Å²) in [7, 11) is 0. The van der Waals surface area contributed by atoms with Crippen molar-refractivity contribution in [2.45, 2.75) is 6.92 Å². The van der Waals surface area contributed by atoms with Crippen molar-refractivity contribution in [1.29, 1.82) is 0 Å². The Morgan fingerprint density at radius 1 is 1.33 bits per heavy atom. The summed E-state index contributed by atoms with van der Waals surface area (Å²) in [5.74, 6) is -0.380. The quantitative estimate of drug-likeness (QED) is 0.573. The summed E-state index contributed by atoms with van der Waals surface area (Å²) in [6.07, 6.45) is 0. The number of aromatic nitrogens is 3. The normalized spacial score (nSPS) is 10.3. The highest BCUT2D eigenvalue weighted by molar-refractivity contribution is 5.78. The lowest BCUT2D eigenvalue weighted by Crippen LogP contribution is -1.91. The van der Waals surface area contributed by atoms with E-state index in [2.05, 4.69) is 29.8 Å². The van der Waals surface area contributed by atoms with Crippen molar-refractivity contribution in [3.63, 3.8) is 0 Å². The summed E-state index contributed by atoms with van der Waals surface area (Å²) >= 11 is 0. The summed E-state index contributed by atoms with van der Waals surface area (Å²) in [6.45, 7) is 1.62. The highest BCUT2D eigenvalue weighted by Gasteiger charge is 2.22. The number of nitrogens with one attached hydrogen (secondary N) is 1. The molecule has 0 radical (unpaired) electrons. The van der Waals surface area contributed by atoms with Crippen LogP contribution in [0.1, 0.15) is 5.69 Å². The molecular weight excluding hydrogens is 206 g/mol. The zero-order valence-electron chi connectivity index (χ0n) is 7.46. The van der Waals surface area contributed by atoms with E-state index in [0.29, 0.717) is 5.69 Å². The Morgan fingerprint density at radius 2 is 2.13 bits per heavy atom. The van der Waals surface area contributed by atoms with E-state index in [1.807, 2.05) is 0 Å². The number of hydrogen-bond donors (Lipinski definition) is 2. The lowest BCUT2D eigenvalue weighted by atomic mass is 10.2. The first-order valence-electron chi connectivity index (χ1n) is 3.80. The number of hydrogen-bond acceptors (Lipinski definition) is 9. The Hall–Kier alpha value is -2.29. The lowest BCUT2D eigenvalue weighted by molar-refractivity contribution is 0.305. The second kappa shape index (κ2) is 3.46. The van der Waals surface area contributed by atoms with Crippen LogP contribution in [-0.4, -0.2) is 20.7 Å². The summed E-state index contributed by atoms with van der Waals surface area (Å²) < 4.78 is 9.00. The van der Waals surface area contributed by atoms with Gasteiger partial charge in [0.2, 0.25) is 0 Å². The van der Waals surface area contributed by atoms with Crippen LogP contribution in [0.2, 0.25) is 0 Å². The maximum atomic E-state index is 10.3. The van der Waals surface area contributed by atoms with E-state index in [-0.39, 0.29) is 23.0 Å². The molecule has 2 aromatic heterocycles. The maximum Gasteiger partial charge on any atom is 0.316 e. The van der Waals surface area contributed by atoms with Gasteiger partial charge in [0.25, 0.3) is 0 Å². The van der Waals surface area contributed by atoms with Gasteiger partial charge in [-0.2, -0.15) is 0 Å². The molecule has 15 heavy (non-hydrogen) atoms. The average Bonchev–Trinajstić information content (AvgIpc) is 2.82. The first-order valence-corrected chi connectivity index (χ1v) is 3.80. The van der Waals surface area contributed by atoms with E-state index in [9.17, 15) is 4.91 Å². The molecule has 2 heterocycles. The molecule has 0 saturated carbocycles. The molecule has 0 aliphatic carbocycles. The standard InChI is InChI=1S/C6H5N5O4/c1-2-3(11-15-9-2)4-5(7-12)6(8-13)14-10-4/h7,12H,1H3. The Kier molecular flexibility index (Phi) is 2.14. The van der Waals surface area contributed by atoms with Crippen LogP contribution >= 0.6 is 0 Å². The van der Waals surface area contributed by atoms with Crippen molar-refractivity contribution in [2.75, 3.05) is 5.48 Å². The zero-order chi connectivity index (χ0) is 10.8. The molecule has 0 atom stereocenters. The molecule has 0 saturated heterocycles. The van der Waals surface area contributed by atoms with E-state index in [1.54, 1.807) is 12.4 Å². The van der Waals surface area contributed by atoms with Gasteiger partial charge < -0.3 is 4.52 Å². The monoisotopic (exact) mass is 211 g/mol. The van der Waals surface area contributed by atoms with Crippen LogP contribution in [0.25, 0.3) is 11.4 Å². The van der Waals surface area contributed by atoms with Crippen molar-refractivity contribution in [2.24, 2.45) is 5.18 Å². The van der Waals surface area contributed by atoms with Gasteiger partial charge in [-0.1, -0.05) is 10.3 Å². The van der Waals surface area contributed by atoms with Gasteiger partial charge in [-0.15, -0.1) is 4.91 Å². The zero-order valence-corrected chi connectivity index (χ0v) is 7.46. The number of anilines is 1. The minimum absolute atomic E-state index is 0.0798. The third-order valence-electron chi connectivity index (χ3n) is 1.75. The van der Waals surface area contributed by atoms with E-state index < -0.39 is 0 Å². The van der Waals surface area contributed by atoms with Crippen LogP contribution in [0.3, 0.4) is 0 Å². The highest BCUT2D eigenvalue weighted by atomic mass is 16.6. The van der Waals surface area contributed by atoms with Gasteiger partial charge in [-0.3, -0.25) is 10.7 Å². The average molecular weight is 211 g/mol. The topological polar surface area (TPSA) is 127 Å². The molecule has 0 aliphatic rings. The largest absolute Gasteiger partial charge is 0.330 e. The van der Waals surface area contributed by atoms with Crippen molar-refractivity contribution >= 4 is 11.6 Å². The van der Waals surface area contributed by atoms with Crippen molar-refractivity contribution in [3.05, 3.63) is 10.6 Å². The highest BCUT2D eigenvalue weighted by Crippen LogP contribution is 2.35. The van der Waals surface area contributed by atoms with Crippen molar-refractivity contribution in [1.82, 2.24) is 15.5 Å². The van der Waals surface area contributed by atoms with Gasteiger partial charge in [-0.05, 0) is 12.1 Å². The summed E-state index contributed by atoms with van der Waals surface area (Å²) in [6, 6.07) is 0. The molecule has 2 aromatic rings. The molecule has 0 amide bonds. The second-order valence-corrected chi connectivity index (χ2v) is 2.61. The Labute approximate surface area is 81.9 Å². The molecule has 0 unspecified atom stereocenters. The molecule has 9 heteroatoms. The third-order valence-corrected chi connectivity index (χ3v) is 1.75. The SMILES string of the molecule is Cc1nonc1-c1noc(N=O)c1NO. The van der Waals surface area contributed by atoms with E-state index in [4.69, 9.17) is 5.21 Å². The Bertz CT molecular complexity index is 489. The molecule has 78 valence electrons. The number of nitrogens with zero attached hydrogens (tertiary/aromatic N) is 4. The van der Waals surface area contributed by atoms with E-state index >= 15 is 0 Å². The molecule has 0 fully saturated rings. The smallest absolute Gasteiger partial charge is 0.316 e. The first-order chi connectivity index (χ1) is 7.27. The van der Waals surface area contributed by atoms with Gasteiger partial charge in [0.1, 0.15) is 5.69 Å². The minimum atomic E-state index is -0.380. The van der Waals surface area contributed by atoms with Gasteiger partial charge in [-0.25, -0.2) is 4.63 Å². The molecule has 0 bridgehead atoms. The summed E-state index contributed by atoms with van der Waals surface area (Å²) in [4.78, 5) is 10.3. The minimum Gasteiger partial charge on any atom is -0.330 e. The van der Waals surface area contributed by atoms with Gasteiger partial charge >= 0.3 is 5.88 Å². The Balaban J connectivity index is 2.58. The van der Waals surface area contributed by atoms with Gasteiger partial charge in [0.15, 0.2) is 17.1 Å². The van der Waals surface area contributed by atoms with Crippen molar-refractivity contribution in [3.8, 4) is 11.4 Å². The maximum absolute atomic E-state index is 10.3. The molecule has 0 aliphatic heterocycles. The summed E-state index contributed by atoms with van der Waals surface area (Å²) in [5, 5.41) is 21.9. The van der Waals surface area contributed by atoms with Crippen LogP contribution in [0.5, 0.6) is 0 Å². The number of rotatable bonds is 3. The fourth-order valence-electron chi connectivity index (χ4n) is 1.05. The van der Waals surface area contributed by atoms with Crippen LogP contribution in [0.15, 0.2) is 14.3 Å². The molecule has 9 nitrogen and oxygen atoms in total. The van der Waals surface area contributed by atoms with E-state index in [0.717, 1.165) is 0 Å². The predicted molar refractivity (Wildman–Crippen MR) is 45.4 cm³/mol. The number of aryl methyl sites for hydroxylation is 1. The first kappa shape index (κ1) is 9.27. The second-order valence-electron chi connectivity index (χ2n) is 2.61. The van der Waals surface area contributed by atoms with Crippen LogP contribution in [0.4, 0.5) is 11.6 Å². The fourth-order valence-corrected chi connectivity index (χ4v) is 1.05. The van der Waals surface area contributed by atoms with E-state index in [1.165, 1.54) is 0 Å². The third kappa shape index (κ3) is 1.34. The van der Waals surface area contributed by atoms with Crippen molar-refractivity contribution < 1.29 is 14.4 Å². The molecular formula is C6H5N5O4. The summed E-state index contributed by atoms with van der Waals surface area (Å²) in [5.41, 5.74) is 2.47. The number of nitroso groups, excluding NO2 is 1. The van der Waals surface area contributed by atoms with Crippen LogP contribution < -0.4 is 5.48 Å². The Morgan fingerprint density at radius 3 is 2.67 bits per heavy atom. The molecule has 0 spiro atoms. The molecule has 2 N–H and O–H groups in total. The predicted octanol–water partition coefficient (Wildman–Crippen LogP) is 1.23. The van der Waals surface area contributed by atoms with Crippen LogP contribution in [0, 0.1) is 11.8 Å². The molecule has 0 aromatic carbocycles. The lowest BCUT2D eigenvalue weighted by Gasteiger charge is -1.94. The fraction of sp³-hybridized carbons (Fsp3) is 0.167. The van der Waals surface area contributed by atoms with Gasteiger partial charge in [0.05, 0.1) is 0 Å².